The molecule has 0 saturated heterocycles. The van der Waals surface area contributed by atoms with Crippen molar-refractivity contribution in [3.63, 3.8) is 0 Å². The van der Waals surface area contributed by atoms with Crippen LogP contribution in [0, 0.1) is 6.92 Å². The van der Waals surface area contributed by atoms with E-state index in [4.69, 9.17) is 9.47 Å². The van der Waals surface area contributed by atoms with Gasteiger partial charge in [0.25, 0.3) is 0 Å². The van der Waals surface area contributed by atoms with E-state index in [1.165, 1.54) is 27.8 Å². The molecule has 0 N–H and O–H groups in total. The third-order valence-electron chi connectivity index (χ3n) is 4.21. The summed E-state index contributed by atoms with van der Waals surface area (Å²) in [5.41, 5.74) is 7.14. The number of methoxy groups -OCH3 is 2. The first-order valence-electron chi connectivity index (χ1n) is 8.04. The summed E-state index contributed by atoms with van der Waals surface area (Å²) in [6.07, 6.45) is -0.317. The zero-order valence-electron chi connectivity index (χ0n) is 14.3. The lowest BCUT2D eigenvalue weighted by Gasteiger charge is -2.14. The standard InChI is InChI=1S/C22H22O2/c1-16-4-6-17(7-5-16)18-8-10-19(11-9-18)20-12-14-21(15-13-20)22(23-2)24-3/h4-15,22H,1-3H3. The Kier molecular flexibility index (Phi) is 5.09. The molecule has 0 saturated carbocycles. The molecule has 2 heteroatoms. The van der Waals surface area contributed by atoms with E-state index in [2.05, 4.69) is 67.6 Å². The molecule has 0 fully saturated rings. The summed E-state index contributed by atoms with van der Waals surface area (Å²) >= 11 is 0. The quantitative estimate of drug-likeness (QED) is 0.568. The molecule has 0 radical (unpaired) electrons. The number of hydrogen-bond acceptors (Lipinski definition) is 2. The molecule has 0 heterocycles. The normalized spacial score (nSPS) is 11.0. The molecule has 0 aliphatic carbocycles. The molecule has 0 aliphatic rings. The van der Waals surface area contributed by atoms with E-state index in [0.717, 1.165) is 5.56 Å². The molecular weight excluding hydrogens is 296 g/mol. The number of hydrogen-bond donors (Lipinski definition) is 0. The molecule has 0 amide bonds. The van der Waals surface area contributed by atoms with Gasteiger partial charge in [-0.2, -0.15) is 0 Å². The largest absolute Gasteiger partial charge is 0.352 e. The van der Waals surface area contributed by atoms with Gasteiger partial charge in [0, 0.05) is 19.8 Å². The van der Waals surface area contributed by atoms with Gasteiger partial charge in [-0.25, -0.2) is 0 Å². The maximum Gasteiger partial charge on any atom is 0.183 e. The lowest BCUT2D eigenvalue weighted by Crippen LogP contribution is -2.03. The van der Waals surface area contributed by atoms with Gasteiger partial charge in [-0.1, -0.05) is 78.4 Å². The maximum absolute atomic E-state index is 5.28. The monoisotopic (exact) mass is 318 g/mol. The predicted molar refractivity (Wildman–Crippen MR) is 98.8 cm³/mol. The zero-order chi connectivity index (χ0) is 16.9. The summed E-state index contributed by atoms with van der Waals surface area (Å²) in [4.78, 5) is 0. The van der Waals surface area contributed by atoms with E-state index in [9.17, 15) is 0 Å². The van der Waals surface area contributed by atoms with Gasteiger partial charge in [-0.05, 0) is 29.2 Å². The zero-order valence-corrected chi connectivity index (χ0v) is 14.3. The first kappa shape index (κ1) is 16.4. The number of ether oxygens (including phenoxy) is 2. The van der Waals surface area contributed by atoms with Crippen molar-refractivity contribution in [3.8, 4) is 22.3 Å². The van der Waals surface area contributed by atoms with Gasteiger partial charge in [-0.15, -0.1) is 0 Å². The minimum absolute atomic E-state index is 0.317. The first-order chi connectivity index (χ1) is 11.7. The third-order valence-corrected chi connectivity index (χ3v) is 4.21. The van der Waals surface area contributed by atoms with Crippen molar-refractivity contribution in [1.82, 2.24) is 0 Å². The van der Waals surface area contributed by atoms with E-state index in [0.29, 0.717) is 0 Å². The first-order valence-corrected chi connectivity index (χ1v) is 8.04. The molecule has 24 heavy (non-hydrogen) atoms. The van der Waals surface area contributed by atoms with Crippen molar-refractivity contribution in [2.24, 2.45) is 0 Å². The highest BCUT2D eigenvalue weighted by Gasteiger charge is 2.08. The molecule has 3 aromatic rings. The van der Waals surface area contributed by atoms with Crippen LogP contribution in [0.1, 0.15) is 17.4 Å². The van der Waals surface area contributed by atoms with Crippen LogP contribution < -0.4 is 0 Å². The Bertz CT molecular complexity index is 768. The topological polar surface area (TPSA) is 18.5 Å². The second-order valence-electron chi connectivity index (χ2n) is 5.87. The Morgan fingerprint density at radius 3 is 1.25 bits per heavy atom. The summed E-state index contributed by atoms with van der Waals surface area (Å²) in [5.74, 6) is 0. The van der Waals surface area contributed by atoms with Gasteiger partial charge in [-0.3, -0.25) is 0 Å². The fraction of sp³-hybridized carbons (Fsp3) is 0.182. The average molecular weight is 318 g/mol. The van der Waals surface area contributed by atoms with Gasteiger partial charge in [0.1, 0.15) is 0 Å². The van der Waals surface area contributed by atoms with E-state index < -0.39 is 0 Å². The molecular formula is C22H22O2. The molecule has 3 aromatic carbocycles. The molecule has 0 atom stereocenters. The fourth-order valence-corrected chi connectivity index (χ4v) is 2.80. The van der Waals surface area contributed by atoms with E-state index in [-0.39, 0.29) is 6.29 Å². The van der Waals surface area contributed by atoms with Crippen molar-refractivity contribution in [3.05, 3.63) is 83.9 Å². The Morgan fingerprint density at radius 1 is 0.542 bits per heavy atom. The molecule has 0 aromatic heterocycles. The second kappa shape index (κ2) is 7.43. The van der Waals surface area contributed by atoms with E-state index >= 15 is 0 Å². The van der Waals surface area contributed by atoms with Crippen molar-refractivity contribution in [1.29, 1.82) is 0 Å². The Hall–Kier alpha value is -2.42. The highest BCUT2D eigenvalue weighted by molar-refractivity contribution is 5.70. The summed E-state index contributed by atoms with van der Waals surface area (Å²) < 4.78 is 10.6. The maximum atomic E-state index is 5.28. The Balaban J connectivity index is 1.81. The Morgan fingerprint density at radius 2 is 0.875 bits per heavy atom. The van der Waals surface area contributed by atoms with Crippen LogP contribution in [0.3, 0.4) is 0 Å². The van der Waals surface area contributed by atoms with Gasteiger partial charge in [0.2, 0.25) is 0 Å². The van der Waals surface area contributed by atoms with Gasteiger partial charge in [0.05, 0.1) is 0 Å². The second-order valence-corrected chi connectivity index (χ2v) is 5.87. The van der Waals surface area contributed by atoms with Crippen LogP contribution in [0.15, 0.2) is 72.8 Å². The highest BCUT2D eigenvalue weighted by atomic mass is 16.7. The van der Waals surface area contributed by atoms with Gasteiger partial charge in [0.15, 0.2) is 6.29 Å². The van der Waals surface area contributed by atoms with Crippen molar-refractivity contribution in [2.75, 3.05) is 14.2 Å². The minimum Gasteiger partial charge on any atom is -0.352 e. The van der Waals surface area contributed by atoms with Crippen LogP contribution in [-0.4, -0.2) is 14.2 Å². The van der Waals surface area contributed by atoms with Crippen molar-refractivity contribution in [2.45, 2.75) is 13.2 Å². The molecule has 2 nitrogen and oxygen atoms in total. The van der Waals surface area contributed by atoms with Crippen LogP contribution in [-0.2, 0) is 9.47 Å². The van der Waals surface area contributed by atoms with Crippen LogP contribution in [0.4, 0.5) is 0 Å². The summed E-state index contributed by atoms with van der Waals surface area (Å²) in [6, 6.07) is 25.5. The summed E-state index contributed by atoms with van der Waals surface area (Å²) in [7, 11) is 3.29. The molecule has 0 bridgehead atoms. The van der Waals surface area contributed by atoms with E-state index in [1.54, 1.807) is 14.2 Å². The van der Waals surface area contributed by atoms with Crippen molar-refractivity contribution >= 4 is 0 Å². The SMILES string of the molecule is COC(OC)c1ccc(-c2ccc(-c3ccc(C)cc3)cc2)cc1. The minimum atomic E-state index is -0.317. The van der Waals surface area contributed by atoms with E-state index in [1.807, 2.05) is 12.1 Å². The van der Waals surface area contributed by atoms with Crippen LogP contribution in [0.25, 0.3) is 22.3 Å². The number of aryl methyl sites for hydroxylation is 1. The van der Waals surface area contributed by atoms with Gasteiger partial charge < -0.3 is 9.47 Å². The summed E-state index contributed by atoms with van der Waals surface area (Å²) in [6.45, 7) is 2.11. The lowest BCUT2D eigenvalue weighted by molar-refractivity contribution is -0.106. The molecule has 0 unspecified atom stereocenters. The molecule has 0 spiro atoms. The fourth-order valence-electron chi connectivity index (χ4n) is 2.80. The molecule has 0 aliphatic heterocycles. The molecule has 122 valence electrons. The van der Waals surface area contributed by atoms with Crippen LogP contribution in [0.5, 0.6) is 0 Å². The highest BCUT2D eigenvalue weighted by Crippen LogP contribution is 2.27. The Labute approximate surface area is 143 Å². The number of rotatable bonds is 5. The molecule has 3 rings (SSSR count). The van der Waals surface area contributed by atoms with Crippen LogP contribution in [0.2, 0.25) is 0 Å². The van der Waals surface area contributed by atoms with Crippen molar-refractivity contribution < 1.29 is 9.47 Å². The van der Waals surface area contributed by atoms with Gasteiger partial charge >= 0.3 is 0 Å². The lowest BCUT2D eigenvalue weighted by atomic mass is 9.99. The summed E-state index contributed by atoms with van der Waals surface area (Å²) in [5, 5.41) is 0. The number of benzene rings is 3. The van der Waals surface area contributed by atoms with Crippen LogP contribution >= 0.6 is 0 Å². The smallest absolute Gasteiger partial charge is 0.183 e. The third kappa shape index (κ3) is 3.56. The average Bonchev–Trinajstić information content (AvgIpc) is 2.64. The predicted octanol–water partition coefficient (Wildman–Crippen LogP) is 5.62.